The number of pyridine rings is 1. The number of piperazine rings is 1. The Morgan fingerprint density at radius 2 is 1.22 bits per heavy atom. The number of hydrogen-bond acceptors (Lipinski definition) is 7. The first kappa shape index (κ1) is 33.0. The van der Waals surface area contributed by atoms with Gasteiger partial charge in [-0.1, -0.05) is 91.0 Å². The van der Waals surface area contributed by atoms with E-state index in [2.05, 4.69) is 9.88 Å². The van der Waals surface area contributed by atoms with Crippen LogP contribution < -0.4 is 14.4 Å². The molecule has 0 unspecified atom stereocenters. The van der Waals surface area contributed by atoms with Gasteiger partial charge in [0.05, 0.1) is 11.1 Å². The predicted octanol–water partition coefficient (Wildman–Crippen LogP) is 7.33. The van der Waals surface area contributed by atoms with Crippen LogP contribution in [0, 0.1) is 11.6 Å². The molecule has 50 heavy (non-hydrogen) atoms. The van der Waals surface area contributed by atoms with E-state index in [4.69, 9.17) is 14.2 Å². The van der Waals surface area contributed by atoms with Crippen molar-refractivity contribution in [2.45, 2.75) is 25.9 Å². The van der Waals surface area contributed by atoms with Gasteiger partial charge in [0, 0.05) is 57.1 Å². The van der Waals surface area contributed by atoms with Crippen LogP contribution in [0.3, 0.4) is 0 Å². The Hall–Kier alpha value is -5.48. The molecule has 2 fully saturated rings. The number of carbonyl (C=O) groups excluding carboxylic acids is 1. The van der Waals surface area contributed by atoms with Crippen molar-refractivity contribution in [3.05, 3.63) is 144 Å². The standard InChI is InChI=1S/C40H38F2N4O4/c41-35-22-32(46-24-33(25-46)44-18-20-45(21-19-44)40(47)50-28-31-14-8-3-9-15-31)23-36(42)38(35)34-16-17-37(48-26-29-10-4-1-5-11-29)43-39(34)49-27-30-12-6-2-7-13-30/h1-17,22-23,33H,18-21,24-28H2. The van der Waals surface area contributed by atoms with Gasteiger partial charge >= 0.3 is 6.09 Å². The van der Waals surface area contributed by atoms with Gasteiger partial charge in [-0.05, 0) is 34.9 Å². The monoisotopic (exact) mass is 676 g/mol. The molecule has 0 spiro atoms. The van der Waals surface area contributed by atoms with Crippen LogP contribution in [0.4, 0.5) is 19.3 Å². The molecule has 0 radical (unpaired) electrons. The van der Waals surface area contributed by atoms with Crippen molar-refractivity contribution in [1.29, 1.82) is 0 Å². The molecule has 1 amide bonds. The van der Waals surface area contributed by atoms with Crippen LogP contribution in [-0.2, 0) is 24.6 Å². The highest BCUT2D eigenvalue weighted by molar-refractivity contribution is 5.73. The van der Waals surface area contributed by atoms with E-state index in [-0.39, 0.29) is 54.8 Å². The zero-order valence-corrected chi connectivity index (χ0v) is 27.6. The van der Waals surface area contributed by atoms with Crippen molar-refractivity contribution in [2.75, 3.05) is 44.2 Å². The summed E-state index contributed by atoms with van der Waals surface area (Å²) in [6, 6.07) is 35.0. The largest absolute Gasteiger partial charge is 0.473 e. The minimum atomic E-state index is -0.699. The van der Waals surface area contributed by atoms with Crippen LogP contribution in [0.2, 0.25) is 0 Å². The van der Waals surface area contributed by atoms with E-state index < -0.39 is 11.6 Å². The van der Waals surface area contributed by atoms with E-state index in [1.165, 1.54) is 12.1 Å². The molecule has 7 rings (SSSR count). The summed E-state index contributed by atoms with van der Waals surface area (Å²) in [4.78, 5) is 23.1. The van der Waals surface area contributed by atoms with E-state index >= 15 is 8.78 Å². The zero-order chi connectivity index (χ0) is 34.3. The Bertz CT molecular complexity index is 1860. The van der Waals surface area contributed by atoms with Gasteiger partial charge in [0.2, 0.25) is 11.8 Å². The second kappa shape index (κ2) is 15.4. The molecule has 0 saturated carbocycles. The Balaban J connectivity index is 0.987. The minimum Gasteiger partial charge on any atom is -0.473 e. The van der Waals surface area contributed by atoms with E-state index in [0.29, 0.717) is 45.0 Å². The molecule has 10 heteroatoms. The Labute approximate surface area is 290 Å². The van der Waals surface area contributed by atoms with Crippen molar-refractivity contribution in [1.82, 2.24) is 14.8 Å². The number of benzene rings is 4. The number of anilines is 1. The molecule has 0 bridgehead atoms. The predicted molar refractivity (Wildman–Crippen MR) is 187 cm³/mol. The summed E-state index contributed by atoms with van der Waals surface area (Å²) in [5, 5.41) is 0. The first-order valence-electron chi connectivity index (χ1n) is 16.8. The van der Waals surface area contributed by atoms with Gasteiger partial charge in [-0.15, -0.1) is 0 Å². The number of aromatic nitrogens is 1. The Morgan fingerprint density at radius 1 is 0.680 bits per heavy atom. The molecule has 0 N–H and O–H groups in total. The normalized spacial score (nSPS) is 15.0. The smallest absolute Gasteiger partial charge is 0.410 e. The number of nitrogens with zero attached hydrogens (tertiary/aromatic N) is 4. The summed E-state index contributed by atoms with van der Waals surface area (Å²) in [7, 11) is 0. The zero-order valence-electron chi connectivity index (χ0n) is 27.6. The fraction of sp³-hybridized carbons (Fsp3) is 0.250. The molecule has 1 aromatic heterocycles. The first-order valence-corrected chi connectivity index (χ1v) is 16.8. The van der Waals surface area contributed by atoms with Crippen LogP contribution in [0.25, 0.3) is 11.1 Å². The highest BCUT2D eigenvalue weighted by Gasteiger charge is 2.35. The summed E-state index contributed by atoms with van der Waals surface area (Å²) in [6.07, 6.45) is -0.312. The van der Waals surface area contributed by atoms with Crippen LogP contribution >= 0.6 is 0 Å². The van der Waals surface area contributed by atoms with Gasteiger partial charge in [0.15, 0.2) is 0 Å². The van der Waals surface area contributed by atoms with Crippen molar-refractivity contribution < 1.29 is 27.8 Å². The number of carbonyl (C=O) groups is 1. The molecular weight excluding hydrogens is 638 g/mol. The Kier molecular flexibility index (Phi) is 10.2. The highest BCUT2D eigenvalue weighted by atomic mass is 19.1. The van der Waals surface area contributed by atoms with Crippen LogP contribution in [0.15, 0.2) is 115 Å². The molecule has 2 aliphatic rings. The third kappa shape index (κ3) is 7.87. The van der Waals surface area contributed by atoms with Gasteiger partial charge in [0.1, 0.15) is 31.5 Å². The van der Waals surface area contributed by atoms with Crippen LogP contribution in [0.1, 0.15) is 16.7 Å². The molecule has 3 heterocycles. The van der Waals surface area contributed by atoms with Gasteiger partial charge < -0.3 is 24.0 Å². The van der Waals surface area contributed by atoms with Crippen molar-refractivity contribution in [3.63, 3.8) is 0 Å². The summed E-state index contributed by atoms with van der Waals surface area (Å²) >= 11 is 0. The van der Waals surface area contributed by atoms with Crippen LogP contribution in [-0.4, -0.2) is 66.2 Å². The van der Waals surface area contributed by atoms with E-state index in [9.17, 15) is 4.79 Å². The fourth-order valence-electron chi connectivity index (χ4n) is 6.24. The average molecular weight is 677 g/mol. The quantitative estimate of drug-likeness (QED) is 0.145. The lowest BCUT2D eigenvalue weighted by Gasteiger charge is -2.49. The van der Waals surface area contributed by atoms with E-state index in [1.807, 2.05) is 95.9 Å². The highest BCUT2D eigenvalue weighted by Crippen LogP contribution is 2.38. The molecule has 2 saturated heterocycles. The maximum absolute atomic E-state index is 15.8. The molecule has 0 atom stereocenters. The molecular formula is C40H38F2N4O4. The molecule has 256 valence electrons. The van der Waals surface area contributed by atoms with Crippen molar-refractivity contribution in [2.24, 2.45) is 0 Å². The third-order valence-electron chi connectivity index (χ3n) is 9.10. The second-order valence-corrected chi connectivity index (χ2v) is 12.5. The van der Waals surface area contributed by atoms with Crippen molar-refractivity contribution >= 4 is 11.8 Å². The Morgan fingerprint density at radius 3 is 1.80 bits per heavy atom. The molecule has 2 aliphatic heterocycles. The molecule has 8 nitrogen and oxygen atoms in total. The lowest BCUT2D eigenvalue weighted by Crippen LogP contribution is -2.63. The lowest BCUT2D eigenvalue weighted by molar-refractivity contribution is 0.0547. The summed E-state index contributed by atoms with van der Waals surface area (Å²) < 4.78 is 49.1. The van der Waals surface area contributed by atoms with Gasteiger partial charge in [-0.2, -0.15) is 4.98 Å². The average Bonchev–Trinajstić information content (AvgIpc) is 3.13. The van der Waals surface area contributed by atoms with Gasteiger partial charge in [-0.3, -0.25) is 4.90 Å². The maximum atomic E-state index is 15.8. The topological polar surface area (TPSA) is 67.4 Å². The molecule has 5 aromatic rings. The van der Waals surface area contributed by atoms with Gasteiger partial charge in [-0.25, -0.2) is 13.6 Å². The number of amides is 1. The summed E-state index contributed by atoms with van der Waals surface area (Å²) in [5.41, 5.74) is 3.29. The van der Waals surface area contributed by atoms with E-state index in [0.717, 1.165) is 16.7 Å². The maximum Gasteiger partial charge on any atom is 0.410 e. The SMILES string of the molecule is O=C(OCc1ccccc1)N1CCN(C2CN(c3cc(F)c(-c4ccc(OCc5ccccc5)nc4OCc4ccccc4)c(F)c3)C2)CC1. The third-order valence-corrected chi connectivity index (χ3v) is 9.10. The van der Waals surface area contributed by atoms with Gasteiger partial charge in [0.25, 0.3) is 0 Å². The number of hydrogen-bond donors (Lipinski definition) is 0. The first-order chi connectivity index (χ1) is 24.5. The summed E-state index contributed by atoms with van der Waals surface area (Å²) in [5.74, 6) is -1.03. The van der Waals surface area contributed by atoms with Crippen molar-refractivity contribution in [3.8, 4) is 22.9 Å². The van der Waals surface area contributed by atoms with E-state index in [1.54, 1.807) is 17.0 Å². The summed E-state index contributed by atoms with van der Waals surface area (Å²) in [6.45, 7) is 4.54. The minimum absolute atomic E-state index is 0.0806. The number of ether oxygens (including phenoxy) is 3. The molecule has 4 aromatic carbocycles. The number of rotatable bonds is 11. The number of halogens is 2. The lowest BCUT2D eigenvalue weighted by atomic mass is 10.0. The van der Waals surface area contributed by atoms with Crippen LogP contribution in [0.5, 0.6) is 11.8 Å². The second-order valence-electron chi connectivity index (χ2n) is 12.5. The molecule has 0 aliphatic carbocycles. The fourth-order valence-corrected chi connectivity index (χ4v) is 6.24.